The molecule has 3 aromatic rings. The third-order valence-electron chi connectivity index (χ3n) is 3.34. The van der Waals surface area contributed by atoms with Gasteiger partial charge in [-0.2, -0.15) is 18.3 Å². The summed E-state index contributed by atoms with van der Waals surface area (Å²) in [5, 5.41) is 11.2. The van der Waals surface area contributed by atoms with E-state index in [1.54, 1.807) is 0 Å². The summed E-state index contributed by atoms with van der Waals surface area (Å²) in [6, 6.07) is 9.40. The van der Waals surface area contributed by atoms with E-state index >= 15 is 0 Å². The molecule has 0 radical (unpaired) electrons. The quantitative estimate of drug-likeness (QED) is 0.725. The van der Waals surface area contributed by atoms with Crippen molar-refractivity contribution in [2.24, 2.45) is 0 Å². The topological polar surface area (TPSA) is 70.7 Å². The number of benzene rings is 1. The number of alkyl halides is 3. The lowest BCUT2D eigenvalue weighted by molar-refractivity contribution is -0.127. The molecule has 1 amide bonds. The number of aromatic amines is 1. The molecule has 2 heterocycles. The number of thiophene rings is 1. The SMILES string of the molecule is O=C(NCc1nc(-c2cccs2)n[nH]1)c1ccccc1CC(F)(F)F. The highest BCUT2D eigenvalue weighted by Crippen LogP contribution is 2.23. The maximum absolute atomic E-state index is 12.6. The van der Waals surface area contributed by atoms with E-state index in [-0.39, 0.29) is 17.7 Å². The van der Waals surface area contributed by atoms with Crippen LogP contribution in [0.1, 0.15) is 21.7 Å². The summed E-state index contributed by atoms with van der Waals surface area (Å²) in [4.78, 5) is 17.3. The Bertz CT molecular complexity index is 858. The molecule has 130 valence electrons. The predicted octanol–water partition coefficient (Wildman–Crippen LogP) is 3.57. The largest absolute Gasteiger partial charge is 0.393 e. The fourth-order valence-electron chi connectivity index (χ4n) is 2.26. The first kappa shape index (κ1) is 17.2. The number of hydrogen-bond donors (Lipinski definition) is 2. The summed E-state index contributed by atoms with van der Waals surface area (Å²) >= 11 is 1.48. The Kier molecular flexibility index (Phi) is 4.84. The number of carbonyl (C=O) groups excluding carboxylic acids is 1. The fraction of sp³-hybridized carbons (Fsp3) is 0.188. The average molecular weight is 366 g/mol. The Hall–Kier alpha value is -2.68. The Morgan fingerprint density at radius 3 is 2.72 bits per heavy atom. The van der Waals surface area contributed by atoms with E-state index in [9.17, 15) is 18.0 Å². The number of rotatable bonds is 5. The summed E-state index contributed by atoms with van der Waals surface area (Å²) in [7, 11) is 0. The molecule has 0 aliphatic carbocycles. The van der Waals surface area contributed by atoms with Crippen LogP contribution in [0.2, 0.25) is 0 Å². The molecule has 0 unspecified atom stereocenters. The maximum Gasteiger partial charge on any atom is 0.393 e. The van der Waals surface area contributed by atoms with Crippen LogP contribution in [0.3, 0.4) is 0 Å². The first-order valence-corrected chi connectivity index (χ1v) is 8.18. The average Bonchev–Trinajstić information content (AvgIpc) is 3.23. The highest BCUT2D eigenvalue weighted by molar-refractivity contribution is 7.13. The van der Waals surface area contributed by atoms with Crippen molar-refractivity contribution in [3.05, 3.63) is 58.7 Å². The predicted molar refractivity (Wildman–Crippen MR) is 87.1 cm³/mol. The Labute approximate surface area is 144 Å². The molecule has 0 fully saturated rings. The van der Waals surface area contributed by atoms with E-state index < -0.39 is 18.5 Å². The van der Waals surface area contributed by atoms with E-state index in [1.807, 2.05) is 17.5 Å². The van der Waals surface area contributed by atoms with Gasteiger partial charge in [0.05, 0.1) is 17.8 Å². The molecule has 0 saturated carbocycles. The molecule has 25 heavy (non-hydrogen) atoms. The van der Waals surface area contributed by atoms with Crippen molar-refractivity contribution in [3.63, 3.8) is 0 Å². The third-order valence-corrected chi connectivity index (χ3v) is 4.21. The summed E-state index contributed by atoms with van der Waals surface area (Å²) < 4.78 is 37.9. The summed E-state index contributed by atoms with van der Waals surface area (Å²) in [6.07, 6.45) is -5.53. The molecule has 0 aliphatic rings. The van der Waals surface area contributed by atoms with Crippen LogP contribution in [0, 0.1) is 0 Å². The van der Waals surface area contributed by atoms with Crippen molar-refractivity contribution in [2.45, 2.75) is 19.1 Å². The van der Waals surface area contributed by atoms with Crippen molar-refractivity contribution in [2.75, 3.05) is 0 Å². The molecular formula is C16H13F3N4OS. The van der Waals surface area contributed by atoms with Gasteiger partial charge in [0.15, 0.2) is 5.82 Å². The number of hydrogen-bond acceptors (Lipinski definition) is 4. The third kappa shape index (κ3) is 4.44. The zero-order valence-electron chi connectivity index (χ0n) is 12.8. The Morgan fingerprint density at radius 2 is 2.00 bits per heavy atom. The number of nitrogens with zero attached hydrogens (tertiary/aromatic N) is 2. The van der Waals surface area contributed by atoms with Crippen molar-refractivity contribution < 1.29 is 18.0 Å². The van der Waals surface area contributed by atoms with Crippen LogP contribution in [0.5, 0.6) is 0 Å². The second-order valence-electron chi connectivity index (χ2n) is 5.21. The van der Waals surface area contributed by atoms with E-state index in [2.05, 4.69) is 20.5 Å². The molecule has 0 aliphatic heterocycles. The molecule has 2 N–H and O–H groups in total. The molecular weight excluding hydrogens is 353 g/mol. The van der Waals surface area contributed by atoms with E-state index in [0.29, 0.717) is 11.6 Å². The minimum atomic E-state index is -4.38. The van der Waals surface area contributed by atoms with Crippen LogP contribution < -0.4 is 5.32 Å². The van der Waals surface area contributed by atoms with Crippen LogP contribution in [-0.4, -0.2) is 27.3 Å². The number of carbonyl (C=O) groups is 1. The lowest BCUT2D eigenvalue weighted by Crippen LogP contribution is -2.25. The molecule has 0 spiro atoms. The van der Waals surface area contributed by atoms with Crippen molar-refractivity contribution >= 4 is 17.2 Å². The van der Waals surface area contributed by atoms with Gasteiger partial charge in [-0.25, -0.2) is 4.98 Å². The fourth-order valence-corrected chi connectivity index (χ4v) is 2.92. The number of halogens is 3. The molecule has 2 aromatic heterocycles. The monoisotopic (exact) mass is 366 g/mol. The van der Waals surface area contributed by atoms with Crippen molar-refractivity contribution in [3.8, 4) is 10.7 Å². The van der Waals surface area contributed by atoms with Crippen molar-refractivity contribution in [1.82, 2.24) is 20.5 Å². The Morgan fingerprint density at radius 1 is 1.20 bits per heavy atom. The molecule has 9 heteroatoms. The minimum Gasteiger partial charge on any atom is -0.345 e. The minimum absolute atomic E-state index is 0.00202. The Balaban J connectivity index is 1.67. The first-order chi connectivity index (χ1) is 11.9. The number of amides is 1. The first-order valence-electron chi connectivity index (χ1n) is 7.30. The van der Waals surface area contributed by atoms with Gasteiger partial charge in [0.2, 0.25) is 0 Å². The number of aromatic nitrogens is 3. The normalized spacial score (nSPS) is 11.5. The smallest absolute Gasteiger partial charge is 0.345 e. The van der Waals surface area contributed by atoms with E-state index in [0.717, 1.165) is 4.88 Å². The van der Waals surface area contributed by atoms with Gasteiger partial charge < -0.3 is 5.32 Å². The lowest BCUT2D eigenvalue weighted by atomic mass is 10.0. The summed E-state index contributed by atoms with van der Waals surface area (Å²) in [6.45, 7) is 0.0392. The molecule has 5 nitrogen and oxygen atoms in total. The molecule has 0 saturated heterocycles. The van der Waals surface area contributed by atoms with Gasteiger partial charge in [0.1, 0.15) is 5.82 Å². The molecule has 0 atom stereocenters. The standard InChI is InChI=1S/C16H13F3N4OS/c17-16(18,19)8-10-4-1-2-5-11(10)15(24)20-9-13-21-14(23-22-13)12-6-3-7-25-12/h1-7H,8-9H2,(H,20,24)(H,21,22,23). The van der Waals surface area contributed by atoms with Crippen LogP contribution in [0.4, 0.5) is 13.2 Å². The van der Waals surface area contributed by atoms with Crippen LogP contribution in [0.15, 0.2) is 41.8 Å². The summed E-state index contributed by atoms with van der Waals surface area (Å²) in [5.41, 5.74) is -0.0674. The zero-order chi connectivity index (χ0) is 17.9. The molecule has 0 bridgehead atoms. The molecule has 3 rings (SSSR count). The van der Waals surface area contributed by atoms with Gasteiger partial charge >= 0.3 is 6.18 Å². The van der Waals surface area contributed by atoms with Gasteiger partial charge in [0.25, 0.3) is 5.91 Å². The number of nitrogens with one attached hydrogen (secondary N) is 2. The highest BCUT2D eigenvalue weighted by atomic mass is 32.1. The van der Waals surface area contributed by atoms with Gasteiger partial charge in [-0.05, 0) is 23.1 Å². The summed E-state index contributed by atoms with van der Waals surface area (Å²) in [5.74, 6) is 0.343. The van der Waals surface area contributed by atoms with E-state index in [4.69, 9.17) is 0 Å². The van der Waals surface area contributed by atoms with E-state index in [1.165, 1.54) is 35.6 Å². The van der Waals surface area contributed by atoms with Crippen LogP contribution in [-0.2, 0) is 13.0 Å². The van der Waals surface area contributed by atoms with Gasteiger partial charge in [-0.15, -0.1) is 11.3 Å². The van der Waals surface area contributed by atoms with Gasteiger partial charge in [-0.1, -0.05) is 24.3 Å². The maximum atomic E-state index is 12.6. The lowest BCUT2D eigenvalue weighted by Gasteiger charge is -2.11. The van der Waals surface area contributed by atoms with Crippen LogP contribution >= 0.6 is 11.3 Å². The second-order valence-corrected chi connectivity index (χ2v) is 6.16. The highest BCUT2D eigenvalue weighted by Gasteiger charge is 2.29. The molecule has 1 aromatic carbocycles. The van der Waals surface area contributed by atoms with Crippen molar-refractivity contribution in [1.29, 1.82) is 0 Å². The second kappa shape index (κ2) is 7.06. The zero-order valence-corrected chi connectivity index (χ0v) is 13.6. The van der Waals surface area contributed by atoms with Gasteiger partial charge in [0, 0.05) is 5.56 Å². The van der Waals surface area contributed by atoms with Crippen LogP contribution in [0.25, 0.3) is 10.7 Å². The number of H-pyrrole nitrogens is 1. The van der Waals surface area contributed by atoms with Gasteiger partial charge in [-0.3, -0.25) is 9.89 Å².